The molecule has 0 aromatic carbocycles. The zero-order valence-electron chi connectivity index (χ0n) is 14.8. The number of hydrogen-bond acceptors (Lipinski definition) is 8. The monoisotopic (exact) mass is 385 g/mol. The van der Waals surface area contributed by atoms with Crippen LogP contribution >= 0.6 is 11.8 Å². The molecule has 10 heteroatoms. The summed E-state index contributed by atoms with van der Waals surface area (Å²) in [4.78, 5) is 22.8. The maximum atomic E-state index is 12.6. The van der Waals surface area contributed by atoms with Crippen molar-refractivity contribution in [2.24, 2.45) is 0 Å². The third-order valence-corrected chi connectivity index (χ3v) is 5.18. The highest BCUT2D eigenvalue weighted by Gasteiger charge is 2.32. The topological polar surface area (TPSA) is 114 Å². The molecule has 4 rings (SSSR count). The Labute approximate surface area is 160 Å². The van der Waals surface area contributed by atoms with E-state index in [0.717, 1.165) is 30.8 Å². The zero-order chi connectivity index (χ0) is 18.6. The second kappa shape index (κ2) is 7.87. The van der Waals surface area contributed by atoms with Gasteiger partial charge in [-0.1, -0.05) is 11.8 Å². The molecule has 1 fully saturated rings. The second-order valence-corrected chi connectivity index (χ2v) is 7.28. The highest BCUT2D eigenvalue weighted by Crippen LogP contribution is 2.31. The van der Waals surface area contributed by atoms with Crippen LogP contribution in [0.15, 0.2) is 34.2 Å². The lowest BCUT2D eigenvalue weighted by molar-refractivity contribution is -0.131. The molecule has 0 radical (unpaired) electrons. The fourth-order valence-corrected chi connectivity index (χ4v) is 3.78. The van der Waals surface area contributed by atoms with Crippen LogP contribution in [0.3, 0.4) is 0 Å². The molecule has 1 amide bonds. The molecule has 1 aliphatic heterocycles. The van der Waals surface area contributed by atoms with Gasteiger partial charge in [-0.2, -0.15) is 5.10 Å². The number of carbonyl (C=O) groups is 1. The summed E-state index contributed by atoms with van der Waals surface area (Å²) in [5, 5.41) is 15.6. The fourth-order valence-electron chi connectivity index (χ4n) is 3.09. The van der Waals surface area contributed by atoms with Crippen molar-refractivity contribution in [2.45, 2.75) is 37.5 Å². The van der Waals surface area contributed by atoms with Gasteiger partial charge in [0.2, 0.25) is 11.8 Å². The predicted octanol–water partition coefficient (Wildman–Crippen LogP) is 2.40. The summed E-state index contributed by atoms with van der Waals surface area (Å²) in [6, 6.07) is 3.59. The number of nitrogens with one attached hydrogen (secondary N) is 1. The van der Waals surface area contributed by atoms with Crippen LogP contribution in [0.5, 0.6) is 0 Å². The summed E-state index contributed by atoms with van der Waals surface area (Å²) in [7, 11) is 0. The predicted molar refractivity (Wildman–Crippen MR) is 97.7 cm³/mol. The first-order valence-corrected chi connectivity index (χ1v) is 9.74. The van der Waals surface area contributed by atoms with E-state index in [0.29, 0.717) is 29.1 Å². The fraction of sp³-hybridized carbons (Fsp3) is 0.412. The van der Waals surface area contributed by atoms with E-state index in [-0.39, 0.29) is 11.9 Å². The Morgan fingerprint density at radius 3 is 3.00 bits per heavy atom. The van der Waals surface area contributed by atoms with Crippen molar-refractivity contribution in [3.05, 3.63) is 36.2 Å². The van der Waals surface area contributed by atoms with Crippen molar-refractivity contribution in [3.63, 3.8) is 0 Å². The summed E-state index contributed by atoms with van der Waals surface area (Å²) in [6.07, 6.45) is 5.61. The Kier molecular flexibility index (Phi) is 5.14. The maximum Gasteiger partial charge on any atom is 0.276 e. The quantitative estimate of drug-likeness (QED) is 0.644. The van der Waals surface area contributed by atoms with E-state index in [1.165, 1.54) is 11.8 Å². The van der Waals surface area contributed by atoms with E-state index in [1.807, 2.05) is 24.0 Å². The highest BCUT2D eigenvalue weighted by molar-refractivity contribution is 7.99. The van der Waals surface area contributed by atoms with E-state index in [4.69, 9.17) is 4.42 Å². The van der Waals surface area contributed by atoms with Crippen molar-refractivity contribution >= 4 is 17.7 Å². The van der Waals surface area contributed by atoms with E-state index in [2.05, 4.69) is 30.4 Å². The molecule has 1 atom stereocenters. The Balaban J connectivity index is 1.31. The summed E-state index contributed by atoms with van der Waals surface area (Å²) >= 11 is 1.38. The average Bonchev–Trinajstić information content (AvgIpc) is 3.42. The smallest absolute Gasteiger partial charge is 0.276 e. The van der Waals surface area contributed by atoms with Gasteiger partial charge in [-0.25, -0.2) is 4.98 Å². The van der Waals surface area contributed by atoms with Crippen LogP contribution in [0.4, 0.5) is 0 Å². The number of likely N-dealkylation sites (tertiary alicyclic amines) is 1. The molecular formula is C17H19N7O2S. The molecule has 1 N–H and O–H groups in total. The second-order valence-electron chi connectivity index (χ2n) is 6.23. The number of pyridine rings is 1. The Morgan fingerprint density at radius 2 is 2.22 bits per heavy atom. The number of thioether (sulfide) groups is 1. The van der Waals surface area contributed by atoms with Gasteiger partial charge < -0.3 is 9.32 Å². The maximum absolute atomic E-state index is 12.6. The molecule has 0 spiro atoms. The van der Waals surface area contributed by atoms with Crippen LogP contribution in [-0.2, 0) is 4.79 Å². The standard InChI is InChI=1S/C17H19N7O2S/c1-11-19-15(21-20-11)13-3-2-9-24(13)14(25)6-10-27-17-23-22-16(26-17)12-4-7-18-8-5-12/h4-5,7-8,13H,2-3,6,9-10H2,1H3,(H,19,20,21)/t13-/m1/s1. The summed E-state index contributed by atoms with van der Waals surface area (Å²) < 4.78 is 5.63. The van der Waals surface area contributed by atoms with Crippen molar-refractivity contribution in [3.8, 4) is 11.5 Å². The third kappa shape index (κ3) is 4.00. The highest BCUT2D eigenvalue weighted by atomic mass is 32.2. The lowest BCUT2D eigenvalue weighted by atomic mass is 10.2. The van der Waals surface area contributed by atoms with Gasteiger partial charge in [0, 0.05) is 36.7 Å². The van der Waals surface area contributed by atoms with Crippen LogP contribution in [-0.4, -0.2) is 53.5 Å². The molecule has 1 saturated heterocycles. The molecule has 0 bridgehead atoms. The molecule has 27 heavy (non-hydrogen) atoms. The molecule has 0 unspecified atom stereocenters. The van der Waals surface area contributed by atoms with Gasteiger partial charge in [0.15, 0.2) is 5.82 Å². The minimum absolute atomic E-state index is 0.0332. The van der Waals surface area contributed by atoms with Crippen LogP contribution in [0, 0.1) is 6.92 Å². The molecule has 3 aromatic rings. The molecule has 3 aromatic heterocycles. The average molecular weight is 385 g/mol. The van der Waals surface area contributed by atoms with E-state index >= 15 is 0 Å². The first-order chi connectivity index (χ1) is 13.2. The van der Waals surface area contributed by atoms with E-state index in [9.17, 15) is 4.79 Å². The number of aromatic nitrogens is 6. The third-order valence-electron chi connectivity index (χ3n) is 4.36. The normalized spacial score (nSPS) is 16.8. The van der Waals surface area contributed by atoms with Crippen LogP contribution < -0.4 is 0 Å². The summed E-state index contributed by atoms with van der Waals surface area (Å²) in [6.45, 7) is 2.60. The van der Waals surface area contributed by atoms with Gasteiger partial charge in [-0.3, -0.25) is 14.9 Å². The minimum Gasteiger partial charge on any atom is -0.411 e. The Hall–Kier alpha value is -2.75. The lowest BCUT2D eigenvalue weighted by Crippen LogP contribution is -2.31. The van der Waals surface area contributed by atoms with Crippen molar-refractivity contribution in [2.75, 3.05) is 12.3 Å². The van der Waals surface area contributed by atoms with Crippen molar-refractivity contribution in [1.29, 1.82) is 0 Å². The van der Waals surface area contributed by atoms with Gasteiger partial charge in [-0.15, -0.1) is 10.2 Å². The largest absolute Gasteiger partial charge is 0.411 e. The first kappa shape index (κ1) is 17.7. The van der Waals surface area contributed by atoms with Crippen LogP contribution in [0.1, 0.15) is 37.0 Å². The van der Waals surface area contributed by atoms with Crippen LogP contribution in [0.2, 0.25) is 0 Å². The number of H-pyrrole nitrogens is 1. The minimum atomic E-state index is -0.0332. The van der Waals surface area contributed by atoms with Crippen molar-refractivity contribution in [1.82, 2.24) is 35.3 Å². The number of nitrogens with zero attached hydrogens (tertiary/aromatic N) is 6. The lowest BCUT2D eigenvalue weighted by Gasteiger charge is -2.22. The number of carbonyl (C=O) groups excluding carboxylic acids is 1. The van der Waals surface area contributed by atoms with Gasteiger partial charge in [0.25, 0.3) is 5.22 Å². The van der Waals surface area contributed by atoms with Gasteiger partial charge >= 0.3 is 0 Å². The molecule has 0 saturated carbocycles. The van der Waals surface area contributed by atoms with E-state index in [1.54, 1.807) is 12.4 Å². The molecule has 1 aliphatic rings. The summed E-state index contributed by atoms with van der Waals surface area (Å²) in [5.74, 6) is 2.59. The number of aryl methyl sites for hydroxylation is 1. The molecule has 0 aliphatic carbocycles. The zero-order valence-corrected chi connectivity index (χ0v) is 15.6. The number of rotatable bonds is 6. The van der Waals surface area contributed by atoms with Crippen LogP contribution in [0.25, 0.3) is 11.5 Å². The van der Waals surface area contributed by atoms with Gasteiger partial charge in [0.05, 0.1) is 6.04 Å². The number of amides is 1. The molecule has 4 heterocycles. The van der Waals surface area contributed by atoms with E-state index < -0.39 is 0 Å². The summed E-state index contributed by atoms with van der Waals surface area (Å²) in [5.41, 5.74) is 0.821. The van der Waals surface area contributed by atoms with Crippen molar-refractivity contribution < 1.29 is 9.21 Å². The van der Waals surface area contributed by atoms with Gasteiger partial charge in [0.1, 0.15) is 5.82 Å². The van der Waals surface area contributed by atoms with Gasteiger partial charge in [-0.05, 0) is 31.9 Å². The first-order valence-electron chi connectivity index (χ1n) is 8.76. The Bertz CT molecular complexity index is 911. The SMILES string of the molecule is Cc1nc([C@H]2CCCN2C(=O)CCSc2nnc(-c3ccncc3)o2)n[nH]1. The number of aromatic amines is 1. The number of hydrogen-bond donors (Lipinski definition) is 1. The Morgan fingerprint density at radius 1 is 1.37 bits per heavy atom. The molecular weight excluding hydrogens is 366 g/mol. The molecule has 9 nitrogen and oxygen atoms in total. The molecule has 140 valence electrons.